The van der Waals surface area contributed by atoms with Gasteiger partial charge in [-0.15, -0.1) is 0 Å². The molecule has 0 radical (unpaired) electrons. The summed E-state index contributed by atoms with van der Waals surface area (Å²) in [6.45, 7) is 0.896. The van der Waals surface area contributed by atoms with E-state index in [4.69, 9.17) is 4.74 Å². The van der Waals surface area contributed by atoms with Crippen molar-refractivity contribution < 1.29 is 14.3 Å². The normalized spacial score (nSPS) is 23.1. The van der Waals surface area contributed by atoms with Crippen LogP contribution in [-0.4, -0.2) is 42.4 Å². The molecule has 3 rings (SSSR count). The quantitative estimate of drug-likeness (QED) is 0.570. The van der Waals surface area contributed by atoms with E-state index < -0.39 is 0 Å². The predicted octanol–water partition coefficient (Wildman–Crippen LogP) is 2.80. The number of methoxy groups -OCH3 is 1. The van der Waals surface area contributed by atoms with Crippen molar-refractivity contribution in [3.8, 4) is 5.75 Å². The number of fused-ring (bicyclic) bond motifs is 1. The van der Waals surface area contributed by atoms with Crippen molar-refractivity contribution >= 4 is 27.7 Å². The van der Waals surface area contributed by atoms with Crippen LogP contribution in [0.15, 0.2) is 34.8 Å². The number of carbonyl (C=O) groups is 2. The van der Waals surface area contributed by atoms with Gasteiger partial charge in [0.2, 0.25) is 11.8 Å². The summed E-state index contributed by atoms with van der Waals surface area (Å²) in [5, 5.41) is 0. The summed E-state index contributed by atoms with van der Waals surface area (Å²) in [4.78, 5) is 28.4. The van der Waals surface area contributed by atoms with Crippen molar-refractivity contribution in [2.24, 2.45) is 11.8 Å². The molecule has 0 aromatic heterocycles. The second kappa shape index (κ2) is 7.07. The number of allylic oxidation sites excluding steroid dienone is 2. The maximum absolute atomic E-state index is 12.5. The van der Waals surface area contributed by atoms with Gasteiger partial charge in [0.15, 0.2) is 0 Å². The number of rotatable bonds is 5. The van der Waals surface area contributed by atoms with E-state index in [-0.39, 0.29) is 23.7 Å². The predicted molar refractivity (Wildman–Crippen MR) is 94.2 cm³/mol. The Morgan fingerprint density at radius 2 is 1.83 bits per heavy atom. The first-order valence-electron chi connectivity index (χ1n) is 8.02. The lowest BCUT2D eigenvalue weighted by Crippen LogP contribution is -2.40. The molecule has 1 heterocycles. The van der Waals surface area contributed by atoms with Gasteiger partial charge in [-0.3, -0.25) is 19.4 Å². The second-order valence-electron chi connectivity index (χ2n) is 6.37. The van der Waals surface area contributed by atoms with Gasteiger partial charge >= 0.3 is 0 Å². The monoisotopic (exact) mass is 392 g/mol. The van der Waals surface area contributed by atoms with Crippen LogP contribution in [0.2, 0.25) is 0 Å². The summed E-state index contributed by atoms with van der Waals surface area (Å²) >= 11 is 3.46. The Kier molecular flexibility index (Phi) is 5.06. The van der Waals surface area contributed by atoms with E-state index in [1.165, 1.54) is 4.90 Å². The van der Waals surface area contributed by atoms with E-state index >= 15 is 0 Å². The lowest BCUT2D eigenvalue weighted by atomic mass is 9.85. The summed E-state index contributed by atoms with van der Waals surface area (Å²) in [6.07, 6.45) is 5.36. The van der Waals surface area contributed by atoms with Gasteiger partial charge in [-0.2, -0.15) is 0 Å². The van der Waals surface area contributed by atoms with Gasteiger partial charge in [0.1, 0.15) is 5.75 Å². The zero-order chi connectivity index (χ0) is 17.3. The minimum absolute atomic E-state index is 0.0394. The van der Waals surface area contributed by atoms with Gasteiger partial charge in [0.25, 0.3) is 0 Å². The summed E-state index contributed by atoms with van der Waals surface area (Å²) < 4.78 is 6.36. The summed E-state index contributed by atoms with van der Waals surface area (Å²) in [5.41, 5.74) is 1.01. The van der Waals surface area contributed by atoms with Crippen LogP contribution < -0.4 is 4.74 Å². The SMILES string of the molecule is COc1ccc(Br)cc1CN(C)CN1C(=O)[C@H]2CC=CC[C@H]2C1=O. The number of ether oxygens (including phenoxy) is 1. The van der Waals surface area contributed by atoms with E-state index in [9.17, 15) is 9.59 Å². The molecule has 128 valence electrons. The Balaban J connectivity index is 1.69. The fraction of sp³-hybridized carbons (Fsp3) is 0.444. The third-order valence-electron chi connectivity index (χ3n) is 4.66. The summed E-state index contributed by atoms with van der Waals surface area (Å²) in [6, 6.07) is 5.82. The van der Waals surface area contributed by atoms with E-state index in [2.05, 4.69) is 15.9 Å². The highest BCUT2D eigenvalue weighted by Crippen LogP contribution is 2.35. The summed E-state index contributed by atoms with van der Waals surface area (Å²) in [7, 11) is 3.54. The molecule has 1 aromatic carbocycles. The maximum Gasteiger partial charge on any atom is 0.234 e. The van der Waals surface area contributed by atoms with Gasteiger partial charge in [-0.05, 0) is 38.1 Å². The van der Waals surface area contributed by atoms with Gasteiger partial charge in [0.05, 0.1) is 25.6 Å². The van der Waals surface area contributed by atoms with Crippen LogP contribution >= 0.6 is 15.9 Å². The number of hydrogen-bond donors (Lipinski definition) is 0. The van der Waals surface area contributed by atoms with Crippen LogP contribution in [0.1, 0.15) is 18.4 Å². The van der Waals surface area contributed by atoms with Gasteiger partial charge in [0, 0.05) is 16.6 Å². The molecular formula is C18H21BrN2O3. The molecule has 1 aliphatic carbocycles. The van der Waals surface area contributed by atoms with E-state index in [0.29, 0.717) is 26.1 Å². The second-order valence-corrected chi connectivity index (χ2v) is 7.29. The number of amides is 2. The van der Waals surface area contributed by atoms with Crippen molar-refractivity contribution in [1.82, 2.24) is 9.80 Å². The molecule has 0 saturated carbocycles. The Morgan fingerprint density at radius 3 is 2.42 bits per heavy atom. The molecule has 1 aromatic rings. The minimum atomic E-state index is -0.170. The van der Waals surface area contributed by atoms with Gasteiger partial charge in [-0.25, -0.2) is 0 Å². The molecular weight excluding hydrogens is 372 g/mol. The lowest BCUT2D eigenvalue weighted by Gasteiger charge is -2.24. The number of nitrogens with zero attached hydrogens (tertiary/aromatic N) is 2. The molecule has 0 N–H and O–H groups in total. The molecule has 1 saturated heterocycles. The van der Waals surface area contributed by atoms with Gasteiger partial charge in [-0.1, -0.05) is 28.1 Å². The van der Waals surface area contributed by atoms with Crippen LogP contribution in [0, 0.1) is 11.8 Å². The molecule has 24 heavy (non-hydrogen) atoms. The zero-order valence-corrected chi connectivity index (χ0v) is 15.5. The molecule has 1 aliphatic heterocycles. The molecule has 5 nitrogen and oxygen atoms in total. The molecule has 2 amide bonds. The highest BCUT2D eigenvalue weighted by Gasteiger charge is 2.47. The highest BCUT2D eigenvalue weighted by molar-refractivity contribution is 9.10. The smallest absolute Gasteiger partial charge is 0.234 e. The Labute approximate surface area is 150 Å². The first-order chi connectivity index (χ1) is 11.5. The van der Waals surface area contributed by atoms with Gasteiger partial charge < -0.3 is 4.74 Å². The number of likely N-dealkylation sites (tertiary alicyclic amines) is 1. The number of imide groups is 1. The van der Waals surface area contributed by atoms with Crippen LogP contribution in [0.25, 0.3) is 0 Å². The number of halogens is 1. The molecule has 6 heteroatoms. The third-order valence-corrected chi connectivity index (χ3v) is 5.16. The largest absolute Gasteiger partial charge is 0.496 e. The van der Waals surface area contributed by atoms with E-state index in [1.807, 2.05) is 42.3 Å². The fourth-order valence-corrected chi connectivity index (χ4v) is 3.87. The van der Waals surface area contributed by atoms with Crippen molar-refractivity contribution in [1.29, 1.82) is 0 Å². The minimum Gasteiger partial charge on any atom is -0.496 e. The van der Waals surface area contributed by atoms with E-state index in [0.717, 1.165) is 15.8 Å². The van der Waals surface area contributed by atoms with Crippen molar-refractivity contribution in [3.05, 3.63) is 40.4 Å². The lowest BCUT2D eigenvalue weighted by molar-refractivity contribution is -0.142. The van der Waals surface area contributed by atoms with E-state index in [1.54, 1.807) is 7.11 Å². The molecule has 1 fully saturated rings. The number of benzene rings is 1. The average Bonchev–Trinajstić information content (AvgIpc) is 2.80. The van der Waals surface area contributed by atoms with Crippen molar-refractivity contribution in [2.75, 3.05) is 20.8 Å². The third kappa shape index (κ3) is 3.26. The van der Waals surface area contributed by atoms with Crippen LogP contribution in [-0.2, 0) is 16.1 Å². The Morgan fingerprint density at radius 1 is 1.21 bits per heavy atom. The maximum atomic E-state index is 12.5. The standard InChI is InChI=1S/C18H21BrN2O3/c1-20(10-12-9-13(19)7-8-16(12)24-2)11-21-17(22)14-5-3-4-6-15(14)18(21)23/h3-4,7-9,14-15H,5-6,10-11H2,1-2H3/t14-,15+. The van der Waals surface area contributed by atoms with Crippen molar-refractivity contribution in [2.45, 2.75) is 19.4 Å². The molecule has 2 aliphatic rings. The zero-order valence-electron chi connectivity index (χ0n) is 13.9. The number of hydrogen-bond acceptors (Lipinski definition) is 4. The molecule has 0 unspecified atom stereocenters. The molecule has 0 spiro atoms. The average molecular weight is 393 g/mol. The van der Waals surface area contributed by atoms with Crippen LogP contribution in [0.5, 0.6) is 5.75 Å². The first-order valence-corrected chi connectivity index (χ1v) is 8.81. The van der Waals surface area contributed by atoms with Crippen molar-refractivity contribution in [3.63, 3.8) is 0 Å². The molecule has 2 atom stereocenters. The highest BCUT2D eigenvalue weighted by atomic mass is 79.9. The van der Waals surface area contributed by atoms with Crippen LogP contribution in [0.4, 0.5) is 0 Å². The van der Waals surface area contributed by atoms with Crippen LogP contribution in [0.3, 0.4) is 0 Å². The number of carbonyl (C=O) groups excluding carboxylic acids is 2. The topological polar surface area (TPSA) is 49.9 Å². The Bertz CT molecular complexity index is 663. The summed E-state index contributed by atoms with van der Waals surface area (Å²) in [5.74, 6) is 0.374. The first kappa shape index (κ1) is 17.2. The Hall–Kier alpha value is -1.66. The fourth-order valence-electron chi connectivity index (χ4n) is 3.46. The molecule has 0 bridgehead atoms.